The Hall–Kier alpha value is -1.46. The number of rotatable bonds is 4. The van der Waals surface area contributed by atoms with Crippen molar-refractivity contribution in [3.8, 4) is 0 Å². The fourth-order valence-electron chi connectivity index (χ4n) is 2.06. The molecule has 1 aliphatic rings. The summed E-state index contributed by atoms with van der Waals surface area (Å²) in [6, 6.07) is 3.59. The molecule has 0 N–H and O–H groups in total. The highest BCUT2D eigenvalue weighted by atomic mass is 16.6. The molecule has 5 nitrogen and oxygen atoms in total. The molecule has 19 heavy (non-hydrogen) atoms. The lowest BCUT2D eigenvalue weighted by Crippen LogP contribution is -2.40. The summed E-state index contributed by atoms with van der Waals surface area (Å²) in [7, 11) is 1.78. The van der Waals surface area contributed by atoms with E-state index in [9.17, 15) is 4.79 Å². The van der Waals surface area contributed by atoms with Crippen LogP contribution in [0.3, 0.4) is 0 Å². The fraction of sp³-hybridized carbons (Fsp3) is 0.571. The largest absolute Gasteiger partial charge is 0.376 e. The van der Waals surface area contributed by atoms with Crippen LogP contribution in [0.5, 0.6) is 0 Å². The zero-order valence-corrected chi connectivity index (χ0v) is 11.5. The maximum Gasteiger partial charge on any atom is 0.253 e. The van der Waals surface area contributed by atoms with Gasteiger partial charge in [0.05, 0.1) is 25.9 Å². The summed E-state index contributed by atoms with van der Waals surface area (Å²) in [6.07, 6.45) is 2.47. The van der Waals surface area contributed by atoms with Gasteiger partial charge in [-0.05, 0) is 18.6 Å². The first-order valence-electron chi connectivity index (χ1n) is 6.60. The minimum absolute atomic E-state index is 0.00808. The number of hydrogen-bond donors (Lipinski definition) is 0. The van der Waals surface area contributed by atoms with Gasteiger partial charge < -0.3 is 14.4 Å². The molecule has 1 saturated heterocycles. The third kappa shape index (κ3) is 3.75. The van der Waals surface area contributed by atoms with E-state index in [-0.39, 0.29) is 12.0 Å². The van der Waals surface area contributed by atoms with Gasteiger partial charge in [-0.2, -0.15) is 0 Å². The number of aryl methyl sites for hydroxylation is 1. The second kappa shape index (κ2) is 6.63. The molecule has 2 heterocycles. The first kappa shape index (κ1) is 14.0. The van der Waals surface area contributed by atoms with E-state index in [1.54, 1.807) is 24.2 Å². The molecule has 2 rings (SSSR count). The third-order valence-electron chi connectivity index (χ3n) is 3.13. The molecule has 0 aliphatic carbocycles. The first-order valence-corrected chi connectivity index (χ1v) is 6.60. The van der Waals surface area contributed by atoms with Gasteiger partial charge in [0.15, 0.2) is 0 Å². The van der Waals surface area contributed by atoms with Crippen molar-refractivity contribution >= 4 is 5.91 Å². The maximum absolute atomic E-state index is 12.3. The number of pyridine rings is 1. The number of carbonyl (C=O) groups is 1. The van der Waals surface area contributed by atoms with E-state index in [0.717, 1.165) is 12.1 Å². The van der Waals surface area contributed by atoms with Gasteiger partial charge in [0.2, 0.25) is 0 Å². The molecular weight excluding hydrogens is 244 g/mol. The highest BCUT2D eigenvalue weighted by Crippen LogP contribution is 2.08. The van der Waals surface area contributed by atoms with Gasteiger partial charge in [0.1, 0.15) is 0 Å². The van der Waals surface area contributed by atoms with Crippen molar-refractivity contribution in [2.24, 2.45) is 0 Å². The molecule has 0 radical (unpaired) electrons. The van der Waals surface area contributed by atoms with E-state index in [2.05, 4.69) is 4.98 Å². The van der Waals surface area contributed by atoms with Crippen LogP contribution in [-0.4, -0.2) is 55.3 Å². The van der Waals surface area contributed by atoms with Gasteiger partial charge in [0, 0.05) is 31.0 Å². The zero-order valence-electron chi connectivity index (χ0n) is 11.5. The predicted molar refractivity (Wildman–Crippen MR) is 71.1 cm³/mol. The van der Waals surface area contributed by atoms with Gasteiger partial charge in [0.25, 0.3) is 5.91 Å². The van der Waals surface area contributed by atoms with Crippen molar-refractivity contribution in [3.05, 3.63) is 29.6 Å². The lowest BCUT2D eigenvalue weighted by molar-refractivity contribution is -0.0933. The maximum atomic E-state index is 12.3. The Morgan fingerprint density at radius 1 is 1.53 bits per heavy atom. The smallest absolute Gasteiger partial charge is 0.253 e. The number of carbonyl (C=O) groups excluding carboxylic acids is 1. The summed E-state index contributed by atoms with van der Waals surface area (Å²) in [4.78, 5) is 18.2. The van der Waals surface area contributed by atoms with Crippen molar-refractivity contribution in [3.63, 3.8) is 0 Å². The van der Waals surface area contributed by atoms with Crippen LogP contribution in [0.1, 0.15) is 23.0 Å². The number of amides is 1. The van der Waals surface area contributed by atoms with Crippen molar-refractivity contribution < 1.29 is 14.3 Å². The molecule has 1 atom stereocenters. The van der Waals surface area contributed by atoms with Crippen molar-refractivity contribution in [2.75, 3.05) is 33.4 Å². The molecule has 0 saturated carbocycles. The van der Waals surface area contributed by atoms with Crippen molar-refractivity contribution in [1.82, 2.24) is 9.88 Å². The number of nitrogens with zero attached hydrogens (tertiary/aromatic N) is 2. The summed E-state index contributed by atoms with van der Waals surface area (Å²) >= 11 is 0. The van der Waals surface area contributed by atoms with Gasteiger partial charge in [-0.3, -0.25) is 9.78 Å². The van der Waals surface area contributed by atoms with Gasteiger partial charge >= 0.3 is 0 Å². The van der Waals surface area contributed by atoms with E-state index in [4.69, 9.17) is 9.47 Å². The Balaban J connectivity index is 1.97. The molecular formula is C14H20N2O3. The molecule has 1 amide bonds. The Morgan fingerprint density at radius 3 is 3.05 bits per heavy atom. The average Bonchev–Trinajstić information content (AvgIpc) is 2.47. The van der Waals surface area contributed by atoms with Crippen LogP contribution in [0.15, 0.2) is 18.3 Å². The summed E-state index contributed by atoms with van der Waals surface area (Å²) in [5.74, 6) is -0.00808. The molecule has 0 spiro atoms. The summed E-state index contributed by atoms with van der Waals surface area (Å²) in [5, 5.41) is 0. The minimum atomic E-state index is -0.0322. The molecule has 5 heteroatoms. The van der Waals surface area contributed by atoms with E-state index in [1.165, 1.54) is 0 Å². The number of likely N-dealkylation sites (N-methyl/N-ethyl adjacent to an activating group) is 1. The molecule has 104 valence electrons. The first-order chi connectivity index (χ1) is 9.20. The molecule has 1 fully saturated rings. The second-order valence-electron chi connectivity index (χ2n) is 4.64. The predicted octanol–water partition coefficient (Wildman–Crippen LogP) is 1.13. The van der Waals surface area contributed by atoms with E-state index >= 15 is 0 Å². The lowest BCUT2D eigenvalue weighted by Gasteiger charge is -2.27. The molecule has 0 bridgehead atoms. The Kier molecular flexibility index (Phi) is 4.87. The molecule has 1 unspecified atom stereocenters. The molecule has 0 aromatic carbocycles. The average molecular weight is 264 g/mol. The number of ether oxygens (including phenoxy) is 2. The van der Waals surface area contributed by atoms with E-state index < -0.39 is 0 Å². The van der Waals surface area contributed by atoms with Gasteiger partial charge in [-0.1, -0.05) is 6.92 Å². The summed E-state index contributed by atoms with van der Waals surface area (Å²) < 4.78 is 10.9. The number of hydrogen-bond acceptors (Lipinski definition) is 4. The normalized spacial score (nSPS) is 19.2. The highest BCUT2D eigenvalue weighted by Gasteiger charge is 2.20. The SMILES string of the molecule is CCc1cc(C(=O)N(C)CC2COCCO2)ccn1. The van der Waals surface area contributed by atoms with Gasteiger partial charge in [-0.25, -0.2) is 0 Å². The monoisotopic (exact) mass is 264 g/mol. The lowest BCUT2D eigenvalue weighted by atomic mass is 10.2. The summed E-state index contributed by atoms with van der Waals surface area (Å²) in [5.41, 5.74) is 1.60. The summed E-state index contributed by atoms with van der Waals surface area (Å²) in [6.45, 7) is 4.35. The third-order valence-corrected chi connectivity index (χ3v) is 3.13. The highest BCUT2D eigenvalue weighted by molar-refractivity contribution is 5.94. The van der Waals surface area contributed by atoms with Crippen molar-refractivity contribution in [1.29, 1.82) is 0 Å². The quantitative estimate of drug-likeness (QED) is 0.818. The Morgan fingerprint density at radius 2 is 2.37 bits per heavy atom. The molecule has 1 aliphatic heterocycles. The van der Waals surface area contributed by atoms with Crippen LogP contribution in [0.4, 0.5) is 0 Å². The van der Waals surface area contributed by atoms with E-state index in [1.807, 2.05) is 13.0 Å². The van der Waals surface area contributed by atoms with E-state index in [0.29, 0.717) is 31.9 Å². The topological polar surface area (TPSA) is 51.7 Å². The van der Waals surface area contributed by atoms with Crippen LogP contribution < -0.4 is 0 Å². The van der Waals surface area contributed by atoms with Crippen LogP contribution >= 0.6 is 0 Å². The fourth-order valence-corrected chi connectivity index (χ4v) is 2.06. The number of aromatic nitrogens is 1. The molecule has 1 aromatic heterocycles. The minimum Gasteiger partial charge on any atom is -0.376 e. The van der Waals surface area contributed by atoms with Crippen molar-refractivity contribution in [2.45, 2.75) is 19.4 Å². The van der Waals surface area contributed by atoms with Gasteiger partial charge in [-0.15, -0.1) is 0 Å². The van der Waals surface area contributed by atoms with Crippen LogP contribution in [-0.2, 0) is 15.9 Å². The Bertz CT molecular complexity index is 430. The van der Waals surface area contributed by atoms with Crippen LogP contribution in [0, 0.1) is 0 Å². The standard InChI is InChI=1S/C14H20N2O3/c1-3-12-8-11(4-5-15-12)14(17)16(2)9-13-10-18-6-7-19-13/h4-5,8,13H,3,6-7,9-10H2,1-2H3. The second-order valence-corrected chi connectivity index (χ2v) is 4.64. The van der Waals surface area contributed by atoms with Crippen LogP contribution in [0.2, 0.25) is 0 Å². The van der Waals surface area contributed by atoms with Crippen LogP contribution in [0.25, 0.3) is 0 Å². The molecule has 1 aromatic rings. The zero-order chi connectivity index (χ0) is 13.7. The Labute approximate surface area is 113 Å².